The number of carbonyl (C=O) groups excluding carboxylic acids is 2. The summed E-state index contributed by atoms with van der Waals surface area (Å²) in [4.78, 5) is 37.0. The Morgan fingerprint density at radius 3 is 2.32 bits per heavy atom. The zero-order valence-electron chi connectivity index (χ0n) is 18.0. The third-order valence-electron chi connectivity index (χ3n) is 4.63. The fraction of sp³-hybridized carbons (Fsp3) is 0.320. The summed E-state index contributed by atoms with van der Waals surface area (Å²) >= 11 is 0. The van der Waals surface area contributed by atoms with E-state index in [0.717, 1.165) is 22.4 Å². The standard InChI is InChI=1S/C23H22N2O4.C2H6/c26-21(10-5-11-23(28)29)24-15-14-22(27)25-16-19-8-2-1-6-17(19)12-13-18-7-3-4-9-20(18)25;1-2/h1-4,6-9H,5,10-11,14-16H2,(H,24,26)(H,28,29);1-2H3. The molecule has 162 valence electrons. The highest BCUT2D eigenvalue weighted by atomic mass is 16.4. The molecule has 31 heavy (non-hydrogen) atoms. The molecule has 6 heteroatoms. The predicted molar refractivity (Wildman–Crippen MR) is 121 cm³/mol. The van der Waals surface area contributed by atoms with E-state index in [1.165, 1.54) is 0 Å². The average Bonchev–Trinajstić information content (AvgIpc) is 2.76. The first-order valence-corrected chi connectivity index (χ1v) is 10.5. The van der Waals surface area contributed by atoms with E-state index >= 15 is 0 Å². The number of aliphatic carboxylic acids is 1. The van der Waals surface area contributed by atoms with Gasteiger partial charge in [0.25, 0.3) is 0 Å². The molecular weight excluding hydrogens is 392 g/mol. The number of carboxylic acids is 1. The summed E-state index contributed by atoms with van der Waals surface area (Å²) in [5.74, 6) is 5.05. The lowest BCUT2D eigenvalue weighted by Crippen LogP contribution is -2.35. The number of nitrogens with one attached hydrogen (secondary N) is 1. The predicted octanol–water partition coefficient (Wildman–Crippen LogP) is 3.72. The molecular formula is C25H28N2O4. The van der Waals surface area contributed by atoms with Crippen molar-refractivity contribution in [1.29, 1.82) is 0 Å². The van der Waals surface area contributed by atoms with E-state index in [9.17, 15) is 14.4 Å². The summed E-state index contributed by atoms with van der Waals surface area (Å²) in [6.07, 6.45) is 0.520. The number of carboxylic acid groups (broad SMARTS) is 1. The molecule has 2 aromatic carbocycles. The normalized spacial score (nSPS) is 11.2. The molecule has 1 aliphatic rings. The fourth-order valence-corrected chi connectivity index (χ4v) is 3.14. The van der Waals surface area contributed by atoms with Crippen LogP contribution in [0.5, 0.6) is 0 Å². The summed E-state index contributed by atoms with van der Waals surface area (Å²) < 4.78 is 0. The zero-order chi connectivity index (χ0) is 22.6. The molecule has 0 bridgehead atoms. The van der Waals surface area contributed by atoms with Gasteiger partial charge in [-0.05, 0) is 30.2 Å². The molecule has 0 saturated heterocycles. The van der Waals surface area contributed by atoms with Crippen molar-refractivity contribution in [2.75, 3.05) is 11.4 Å². The van der Waals surface area contributed by atoms with Gasteiger partial charge in [0.15, 0.2) is 0 Å². The van der Waals surface area contributed by atoms with Gasteiger partial charge < -0.3 is 15.3 Å². The van der Waals surface area contributed by atoms with E-state index in [0.29, 0.717) is 6.54 Å². The summed E-state index contributed by atoms with van der Waals surface area (Å²) in [5, 5.41) is 11.3. The van der Waals surface area contributed by atoms with E-state index in [2.05, 4.69) is 17.2 Å². The molecule has 0 spiro atoms. The summed E-state index contributed by atoms with van der Waals surface area (Å²) in [5.41, 5.74) is 3.41. The smallest absolute Gasteiger partial charge is 0.303 e. The van der Waals surface area contributed by atoms with Crippen LogP contribution in [-0.2, 0) is 20.9 Å². The van der Waals surface area contributed by atoms with Crippen molar-refractivity contribution in [3.05, 3.63) is 65.2 Å². The van der Waals surface area contributed by atoms with Crippen LogP contribution in [0.3, 0.4) is 0 Å². The van der Waals surface area contributed by atoms with E-state index < -0.39 is 5.97 Å². The fourth-order valence-electron chi connectivity index (χ4n) is 3.14. The first-order valence-electron chi connectivity index (χ1n) is 10.5. The number of anilines is 1. The number of para-hydroxylation sites is 1. The van der Waals surface area contributed by atoms with Gasteiger partial charge in [-0.15, -0.1) is 0 Å². The summed E-state index contributed by atoms with van der Waals surface area (Å²) in [7, 11) is 0. The average molecular weight is 421 g/mol. The minimum absolute atomic E-state index is 0.0443. The molecule has 6 nitrogen and oxygen atoms in total. The van der Waals surface area contributed by atoms with Crippen LogP contribution in [0.25, 0.3) is 0 Å². The van der Waals surface area contributed by atoms with Crippen molar-refractivity contribution in [2.45, 2.75) is 46.1 Å². The van der Waals surface area contributed by atoms with Crippen LogP contribution < -0.4 is 10.2 Å². The highest BCUT2D eigenvalue weighted by Crippen LogP contribution is 2.25. The Balaban J connectivity index is 0.00000166. The molecule has 2 amide bonds. The first kappa shape index (κ1) is 23.7. The van der Waals surface area contributed by atoms with Crippen LogP contribution >= 0.6 is 0 Å². The minimum atomic E-state index is -0.924. The molecule has 2 N–H and O–H groups in total. The second-order valence-corrected chi connectivity index (χ2v) is 6.75. The number of amides is 2. The Hall–Kier alpha value is -3.59. The van der Waals surface area contributed by atoms with Crippen LogP contribution in [0.1, 0.15) is 56.2 Å². The van der Waals surface area contributed by atoms with Gasteiger partial charge in [-0.25, -0.2) is 0 Å². The Morgan fingerprint density at radius 2 is 1.58 bits per heavy atom. The number of nitrogens with zero attached hydrogens (tertiary/aromatic N) is 1. The van der Waals surface area contributed by atoms with Crippen molar-refractivity contribution in [3.63, 3.8) is 0 Å². The highest BCUT2D eigenvalue weighted by molar-refractivity contribution is 5.95. The Kier molecular flexibility index (Phi) is 9.31. The van der Waals surface area contributed by atoms with Crippen LogP contribution in [0.2, 0.25) is 0 Å². The number of carbonyl (C=O) groups is 3. The van der Waals surface area contributed by atoms with E-state index in [1.54, 1.807) is 4.90 Å². The molecule has 0 atom stereocenters. The maximum absolute atomic E-state index is 13.0. The van der Waals surface area contributed by atoms with Crippen LogP contribution in [-0.4, -0.2) is 29.4 Å². The maximum atomic E-state index is 13.0. The van der Waals surface area contributed by atoms with Gasteiger partial charge in [0.05, 0.1) is 12.2 Å². The largest absolute Gasteiger partial charge is 0.481 e. The molecule has 0 fully saturated rings. The van der Waals surface area contributed by atoms with Gasteiger partial charge in [0.1, 0.15) is 0 Å². The second kappa shape index (κ2) is 12.2. The lowest BCUT2D eigenvalue weighted by atomic mass is 10.0. The highest BCUT2D eigenvalue weighted by Gasteiger charge is 2.21. The topological polar surface area (TPSA) is 86.7 Å². The van der Waals surface area contributed by atoms with Gasteiger partial charge >= 0.3 is 5.97 Å². The summed E-state index contributed by atoms with van der Waals surface area (Å²) in [6.45, 7) is 4.62. The lowest BCUT2D eigenvalue weighted by molar-refractivity contribution is -0.137. The molecule has 3 rings (SSSR count). The quantitative estimate of drug-likeness (QED) is 0.669. The van der Waals surface area contributed by atoms with Gasteiger partial charge in [-0.2, -0.15) is 0 Å². The summed E-state index contributed by atoms with van der Waals surface area (Å²) in [6, 6.07) is 15.3. The van der Waals surface area contributed by atoms with E-state index in [-0.39, 0.29) is 44.0 Å². The first-order chi connectivity index (χ1) is 15.0. The number of hydrogen-bond donors (Lipinski definition) is 2. The zero-order valence-corrected chi connectivity index (χ0v) is 18.0. The molecule has 0 unspecified atom stereocenters. The Morgan fingerprint density at radius 1 is 0.935 bits per heavy atom. The number of fused-ring (bicyclic) bond motifs is 2. The van der Waals surface area contributed by atoms with Gasteiger partial charge in [-0.1, -0.05) is 56.0 Å². The van der Waals surface area contributed by atoms with Gasteiger partial charge in [-0.3, -0.25) is 14.4 Å². The monoisotopic (exact) mass is 420 g/mol. The van der Waals surface area contributed by atoms with Crippen molar-refractivity contribution in [2.24, 2.45) is 0 Å². The Bertz CT molecular complexity index is 988. The molecule has 0 saturated carbocycles. The molecule has 1 aliphatic heterocycles. The van der Waals surface area contributed by atoms with Gasteiger partial charge in [0, 0.05) is 36.9 Å². The Labute approximate surface area is 183 Å². The van der Waals surface area contributed by atoms with E-state index in [4.69, 9.17) is 5.11 Å². The van der Waals surface area contributed by atoms with Crippen molar-refractivity contribution in [3.8, 4) is 11.8 Å². The number of hydrogen-bond acceptors (Lipinski definition) is 3. The van der Waals surface area contributed by atoms with E-state index in [1.807, 2.05) is 62.4 Å². The lowest BCUT2D eigenvalue weighted by Gasteiger charge is -2.26. The van der Waals surface area contributed by atoms with Crippen molar-refractivity contribution >= 4 is 23.5 Å². The third kappa shape index (κ3) is 7.00. The molecule has 2 aromatic rings. The minimum Gasteiger partial charge on any atom is -0.481 e. The van der Waals surface area contributed by atoms with Crippen molar-refractivity contribution in [1.82, 2.24) is 5.32 Å². The SMILES string of the molecule is CC.O=C(O)CCCC(=O)NCCC(=O)N1Cc2ccccc2C#Cc2ccccc21. The van der Waals surface area contributed by atoms with Crippen LogP contribution in [0, 0.1) is 11.8 Å². The third-order valence-corrected chi connectivity index (χ3v) is 4.63. The molecule has 0 radical (unpaired) electrons. The van der Waals surface area contributed by atoms with Crippen LogP contribution in [0.15, 0.2) is 48.5 Å². The number of rotatable bonds is 7. The molecule has 1 heterocycles. The van der Waals surface area contributed by atoms with Crippen molar-refractivity contribution < 1.29 is 19.5 Å². The van der Waals surface area contributed by atoms with Gasteiger partial charge in [0.2, 0.25) is 11.8 Å². The number of benzene rings is 2. The van der Waals surface area contributed by atoms with Crippen LogP contribution in [0.4, 0.5) is 5.69 Å². The molecule has 0 aliphatic carbocycles. The molecule has 0 aromatic heterocycles. The second-order valence-electron chi connectivity index (χ2n) is 6.75. The maximum Gasteiger partial charge on any atom is 0.303 e.